The van der Waals surface area contributed by atoms with Crippen molar-refractivity contribution in [3.63, 3.8) is 0 Å². The summed E-state index contributed by atoms with van der Waals surface area (Å²) in [5, 5.41) is 15.5. The van der Waals surface area contributed by atoms with Crippen LogP contribution in [-0.2, 0) is 32.3 Å². The van der Waals surface area contributed by atoms with Crippen molar-refractivity contribution in [1.29, 1.82) is 0 Å². The van der Waals surface area contributed by atoms with Crippen LogP contribution < -0.4 is 15.6 Å². The normalized spacial score (nSPS) is 14.2. The molecule has 1 unspecified atom stereocenters. The van der Waals surface area contributed by atoms with Gasteiger partial charge in [0.1, 0.15) is 12.4 Å². The third kappa shape index (κ3) is 5.48. The zero-order chi connectivity index (χ0) is 25.9. The Hall–Kier alpha value is -3.41. The van der Waals surface area contributed by atoms with Gasteiger partial charge >= 0.3 is 0 Å². The van der Waals surface area contributed by atoms with E-state index in [9.17, 15) is 9.90 Å². The third-order valence-corrected chi connectivity index (χ3v) is 7.58. The van der Waals surface area contributed by atoms with E-state index in [2.05, 4.69) is 55.3 Å². The Morgan fingerprint density at radius 3 is 2.30 bits per heavy atom. The molecule has 0 fully saturated rings. The van der Waals surface area contributed by atoms with Gasteiger partial charge in [-0.2, -0.15) is 0 Å². The fourth-order valence-electron chi connectivity index (χ4n) is 5.47. The molecule has 3 N–H and O–H groups in total. The van der Waals surface area contributed by atoms with Gasteiger partial charge in [0.15, 0.2) is 0 Å². The molecule has 0 amide bonds. The molecule has 3 aromatic carbocycles. The van der Waals surface area contributed by atoms with Crippen LogP contribution in [-0.4, -0.2) is 22.7 Å². The summed E-state index contributed by atoms with van der Waals surface area (Å²) in [7, 11) is 0. The summed E-state index contributed by atoms with van der Waals surface area (Å²) >= 11 is 0. The van der Waals surface area contributed by atoms with Gasteiger partial charge < -0.3 is 20.1 Å². The average molecular weight is 497 g/mol. The van der Waals surface area contributed by atoms with Crippen LogP contribution in [0.15, 0.2) is 65.5 Å². The lowest BCUT2D eigenvalue weighted by molar-refractivity contribution is 0.171. The minimum absolute atomic E-state index is 0.195. The molecule has 1 aromatic heterocycles. The highest BCUT2D eigenvalue weighted by atomic mass is 16.5. The van der Waals surface area contributed by atoms with Gasteiger partial charge in [-0.25, -0.2) is 0 Å². The summed E-state index contributed by atoms with van der Waals surface area (Å²) in [6.45, 7) is 7.34. The van der Waals surface area contributed by atoms with Gasteiger partial charge in [0, 0.05) is 24.0 Å². The highest BCUT2D eigenvalue weighted by Gasteiger charge is 2.24. The van der Waals surface area contributed by atoms with E-state index in [1.165, 1.54) is 33.9 Å². The number of fused-ring (bicyclic) bond motifs is 2. The molecule has 1 aliphatic rings. The van der Waals surface area contributed by atoms with Crippen molar-refractivity contribution in [3.8, 4) is 5.75 Å². The lowest BCUT2D eigenvalue weighted by Crippen LogP contribution is -2.33. The van der Waals surface area contributed by atoms with Crippen molar-refractivity contribution in [2.24, 2.45) is 0 Å². The summed E-state index contributed by atoms with van der Waals surface area (Å²) in [4.78, 5) is 15.1. The van der Waals surface area contributed by atoms with E-state index in [-0.39, 0.29) is 5.56 Å². The number of nitrogens with one attached hydrogen (secondary N) is 2. The largest absolute Gasteiger partial charge is 0.487 e. The number of aliphatic hydroxyl groups is 1. The fourth-order valence-corrected chi connectivity index (χ4v) is 5.47. The first-order chi connectivity index (χ1) is 17.9. The Morgan fingerprint density at radius 2 is 1.65 bits per heavy atom. The average Bonchev–Trinajstić information content (AvgIpc) is 3.32. The number of aryl methyl sites for hydroxylation is 3. The second-order valence-corrected chi connectivity index (χ2v) is 10.2. The molecule has 0 bridgehead atoms. The maximum Gasteiger partial charge on any atom is 0.248 e. The predicted molar refractivity (Wildman–Crippen MR) is 149 cm³/mol. The van der Waals surface area contributed by atoms with E-state index in [0.717, 1.165) is 42.2 Å². The maximum absolute atomic E-state index is 12.1. The number of hydrogen-bond acceptors (Lipinski definition) is 4. The summed E-state index contributed by atoms with van der Waals surface area (Å²) in [5.41, 5.74) is 9.21. The van der Waals surface area contributed by atoms with Crippen molar-refractivity contribution in [1.82, 2.24) is 10.3 Å². The molecule has 5 rings (SSSR count). The van der Waals surface area contributed by atoms with E-state index >= 15 is 0 Å². The monoisotopic (exact) mass is 496 g/mol. The number of aromatic amines is 1. The molecule has 1 aliphatic carbocycles. The van der Waals surface area contributed by atoms with Gasteiger partial charge in [0.2, 0.25) is 5.56 Å². The molecular formula is C32H36N2O3. The van der Waals surface area contributed by atoms with Gasteiger partial charge in [-0.1, -0.05) is 61.9 Å². The van der Waals surface area contributed by atoms with Gasteiger partial charge in [-0.3, -0.25) is 4.79 Å². The highest BCUT2D eigenvalue weighted by Crippen LogP contribution is 2.31. The van der Waals surface area contributed by atoms with Crippen LogP contribution in [0.1, 0.15) is 58.9 Å². The molecule has 192 valence electrons. The zero-order valence-corrected chi connectivity index (χ0v) is 21.9. The first-order valence-corrected chi connectivity index (χ1v) is 13.3. The summed E-state index contributed by atoms with van der Waals surface area (Å²) in [5.74, 6) is 0.599. The Bertz CT molecular complexity index is 1420. The fraction of sp³-hybridized carbons (Fsp3) is 0.344. The SMILES string of the molecule is CCc1cc2c(cc1CC)CC(NCC(O)c1ccc(OCc3ccc(C)cc3)c3[nH]c(=O)ccc13)C2. The molecule has 5 nitrogen and oxygen atoms in total. The maximum atomic E-state index is 12.1. The van der Waals surface area contributed by atoms with E-state index < -0.39 is 6.10 Å². The highest BCUT2D eigenvalue weighted by molar-refractivity contribution is 5.87. The summed E-state index contributed by atoms with van der Waals surface area (Å²) < 4.78 is 6.08. The van der Waals surface area contributed by atoms with Crippen LogP contribution in [0.3, 0.4) is 0 Å². The Morgan fingerprint density at radius 1 is 0.973 bits per heavy atom. The number of rotatable bonds is 9. The molecule has 0 radical (unpaired) electrons. The van der Waals surface area contributed by atoms with Gasteiger partial charge in [0.05, 0.1) is 11.6 Å². The molecule has 0 aliphatic heterocycles. The molecule has 5 heteroatoms. The van der Waals surface area contributed by atoms with E-state index in [0.29, 0.717) is 30.5 Å². The quantitative estimate of drug-likeness (QED) is 0.293. The van der Waals surface area contributed by atoms with Crippen molar-refractivity contribution in [2.75, 3.05) is 6.54 Å². The van der Waals surface area contributed by atoms with E-state index in [1.807, 2.05) is 24.3 Å². The number of H-pyrrole nitrogens is 1. The molecule has 0 saturated heterocycles. The molecular weight excluding hydrogens is 460 g/mol. The molecule has 0 saturated carbocycles. The van der Waals surface area contributed by atoms with Gasteiger partial charge in [0.25, 0.3) is 0 Å². The van der Waals surface area contributed by atoms with Crippen LogP contribution in [0.25, 0.3) is 10.9 Å². The first-order valence-electron chi connectivity index (χ1n) is 13.3. The number of ether oxygens (including phenoxy) is 1. The number of hydrogen-bond donors (Lipinski definition) is 3. The van der Waals surface area contributed by atoms with Crippen LogP contribution in [0, 0.1) is 6.92 Å². The first kappa shape index (κ1) is 25.2. The Kier molecular flexibility index (Phi) is 7.45. The minimum atomic E-state index is -0.708. The van der Waals surface area contributed by atoms with Crippen LogP contribution >= 0.6 is 0 Å². The molecule has 0 spiro atoms. The predicted octanol–water partition coefficient (Wildman–Crippen LogP) is 5.33. The number of pyridine rings is 1. The number of aromatic nitrogens is 1. The lowest BCUT2D eigenvalue weighted by atomic mass is 9.97. The smallest absolute Gasteiger partial charge is 0.248 e. The summed E-state index contributed by atoms with van der Waals surface area (Å²) in [6.07, 6.45) is 3.39. The lowest BCUT2D eigenvalue weighted by Gasteiger charge is -2.19. The Balaban J connectivity index is 1.30. The molecule has 1 heterocycles. The third-order valence-electron chi connectivity index (χ3n) is 7.58. The van der Waals surface area contributed by atoms with E-state index in [1.54, 1.807) is 6.07 Å². The second kappa shape index (κ2) is 10.9. The molecule has 4 aromatic rings. The van der Waals surface area contributed by atoms with Crippen LogP contribution in [0.4, 0.5) is 0 Å². The Labute approximate surface area is 218 Å². The second-order valence-electron chi connectivity index (χ2n) is 10.2. The van der Waals surface area contributed by atoms with Crippen molar-refractivity contribution in [2.45, 2.75) is 65.2 Å². The molecule has 1 atom stereocenters. The number of benzene rings is 3. The van der Waals surface area contributed by atoms with Crippen LogP contribution in [0.5, 0.6) is 5.75 Å². The van der Waals surface area contributed by atoms with Crippen LogP contribution in [0.2, 0.25) is 0 Å². The standard InChI is InChI=1S/C32H36N2O3/c1-4-22-14-24-16-26(17-25(24)15-23(22)5-2)33-18-29(35)27-10-12-30(32-28(27)11-13-31(36)34-32)37-19-21-8-6-20(3)7-9-21/h6-15,26,29,33,35H,4-5,16-19H2,1-3H3,(H,34,36). The zero-order valence-electron chi connectivity index (χ0n) is 21.9. The minimum Gasteiger partial charge on any atom is -0.487 e. The van der Waals surface area contributed by atoms with Crippen molar-refractivity contribution >= 4 is 10.9 Å². The number of aliphatic hydroxyl groups excluding tert-OH is 1. The van der Waals surface area contributed by atoms with Crippen molar-refractivity contribution < 1.29 is 9.84 Å². The molecule has 37 heavy (non-hydrogen) atoms. The van der Waals surface area contributed by atoms with E-state index in [4.69, 9.17) is 4.74 Å². The van der Waals surface area contributed by atoms with Crippen molar-refractivity contribution in [3.05, 3.63) is 110 Å². The van der Waals surface area contributed by atoms with Gasteiger partial charge in [-0.15, -0.1) is 0 Å². The summed E-state index contributed by atoms with van der Waals surface area (Å²) in [6, 6.07) is 20.3. The van der Waals surface area contributed by atoms with Gasteiger partial charge in [-0.05, 0) is 78.1 Å². The topological polar surface area (TPSA) is 74.3 Å².